The third-order valence-electron chi connectivity index (χ3n) is 3.30. The highest BCUT2D eigenvalue weighted by Gasteiger charge is 2.16. The highest BCUT2D eigenvalue weighted by atomic mass is 35.5. The Morgan fingerprint density at radius 1 is 1.15 bits per heavy atom. The van der Waals surface area contributed by atoms with E-state index in [4.69, 9.17) is 27.9 Å². The van der Waals surface area contributed by atoms with E-state index in [0.717, 1.165) is 28.3 Å². The van der Waals surface area contributed by atoms with Crippen LogP contribution in [0.25, 0.3) is 0 Å². The topological polar surface area (TPSA) is 21.3 Å². The maximum atomic E-state index is 6.23. The second-order valence-electron chi connectivity index (χ2n) is 4.52. The van der Waals surface area contributed by atoms with Crippen molar-refractivity contribution in [2.75, 3.05) is 14.2 Å². The summed E-state index contributed by atoms with van der Waals surface area (Å²) in [5, 5.41) is 4.75. The molecule has 0 saturated carbocycles. The second kappa shape index (κ2) is 6.98. The molecule has 1 N–H and O–H groups in total. The van der Waals surface area contributed by atoms with Crippen molar-refractivity contribution < 1.29 is 4.74 Å². The van der Waals surface area contributed by atoms with Gasteiger partial charge in [0.25, 0.3) is 0 Å². The van der Waals surface area contributed by atoms with E-state index in [1.54, 1.807) is 7.11 Å². The SMILES string of the molecule is CNC(Cc1ccccc1Cl)c1ccc(Cl)cc1OC. The van der Waals surface area contributed by atoms with E-state index in [-0.39, 0.29) is 6.04 Å². The van der Waals surface area contributed by atoms with Crippen molar-refractivity contribution in [3.63, 3.8) is 0 Å². The maximum absolute atomic E-state index is 6.23. The van der Waals surface area contributed by atoms with E-state index in [1.165, 1.54) is 0 Å². The third kappa shape index (κ3) is 3.45. The van der Waals surface area contributed by atoms with Gasteiger partial charge in [0.1, 0.15) is 5.75 Å². The normalized spacial score (nSPS) is 12.2. The van der Waals surface area contributed by atoms with Crippen LogP contribution in [0.15, 0.2) is 42.5 Å². The molecular formula is C16H17Cl2NO. The van der Waals surface area contributed by atoms with E-state index < -0.39 is 0 Å². The maximum Gasteiger partial charge on any atom is 0.125 e. The van der Waals surface area contributed by atoms with Gasteiger partial charge in [0.15, 0.2) is 0 Å². The lowest BCUT2D eigenvalue weighted by Crippen LogP contribution is -2.19. The number of ether oxygens (including phenoxy) is 1. The predicted octanol–water partition coefficient (Wildman–Crippen LogP) is 4.51. The molecule has 4 heteroatoms. The summed E-state index contributed by atoms with van der Waals surface area (Å²) < 4.78 is 5.42. The summed E-state index contributed by atoms with van der Waals surface area (Å²) in [6, 6.07) is 13.7. The number of benzene rings is 2. The number of nitrogens with one attached hydrogen (secondary N) is 1. The predicted molar refractivity (Wildman–Crippen MR) is 85.0 cm³/mol. The quantitative estimate of drug-likeness (QED) is 0.877. The number of hydrogen-bond donors (Lipinski definition) is 1. The molecule has 2 rings (SSSR count). The van der Waals surface area contributed by atoms with Crippen molar-refractivity contribution in [1.29, 1.82) is 0 Å². The fraction of sp³-hybridized carbons (Fsp3) is 0.250. The van der Waals surface area contributed by atoms with Crippen LogP contribution in [0, 0.1) is 0 Å². The van der Waals surface area contributed by atoms with Crippen LogP contribution in [0.2, 0.25) is 10.0 Å². The number of likely N-dealkylation sites (N-methyl/N-ethyl adjacent to an activating group) is 1. The van der Waals surface area contributed by atoms with Crippen LogP contribution in [0.3, 0.4) is 0 Å². The Morgan fingerprint density at radius 2 is 1.90 bits per heavy atom. The first-order valence-corrected chi connectivity index (χ1v) is 7.15. The Kier molecular flexibility index (Phi) is 5.30. The van der Waals surface area contributed by atoms with Crippen molar-refractivity contribution in [3.05, 3.63) is 63.6 Å². The Bertz CT molecular complexity index is 586. The van der Waals surface area contributed by atoms with Crippen LogP contribution < -0.4 is 10.1 Å². The summed E-state index contributed by atoms with van der Waals surface area (Å²) in [6.45, 7) is 0. The molecule has 0 aliphatic rings. The number of rotatable bonds is 5. The number of halogens is 2. The average Bonchev–Trinajstić information content (AvgIpc) is 2.46. The summed E-state index contributed by atoms with van der Waals surface area (Å²) in [7, 11) is 3.58. The molecule has 0 heterocycles. The molecular weight excluding hydrogens is 293 g/mol. The molecule has 2 aromatic rings. The summed E-state index contributed by atoms with van der Waals surface area (Å²) >= 11 is 12.2. The summed E-state index contributed by atoms with van der Waals surface area (Å²) in [4.78, 5) is 0. The van der Waals surface area contributed by atoms with Crippen LogP contribution in [0.4, 0.5) is 0 Å². The van der Waals surface area contributed by atoms with Crippen molar-refractivity contribution in [3.8, 4) is 5.75 Å². The molecule has 2 aromatic carbocycles. The van der Waals surface area contributed by atoms with Gasteiger partial charge in [-0.15, -0.1) is 0 Å². The molecule has 106 valence electrons. The zero-order valence-corrected chi connectivity index (χ0v) is 13.0. The summed E-state index contributed by atoms with van der Waals surface area (Å²) in [5.41, 5.74) is 2.17. The number of methoxy groups -OCH3 is 1. The van der Waals surface area contributed by atoms with Gasteiger partial charge in [-0.2, -0.15) is 0 Å². The summed E-state index contributed by atoms with van der Waals surface area (Å²) in [6.07, 6.45) is 0.786. The van der Waals surface area contributed by atoms with E-state index in [9.17, 15) is 0 Å². The zero-order chi connectivity index (χ0) is 14.5. The van der Waals surface area contributed by atoms with Crippen molar-refractivity contribution >= 4 is 23.2 Å². The van der Waals surface area contributed by atoms with Crippen molar-refractivity contribution in [2.24, 2.45) is 0 Å². The van der Waals surface area contributed by atoms with Gasteiger partial charge in [-0.25, -0.2) is 0 Å². The smallest absolute Gasteiger partial charge is 0.125 e. The molecule has 0 spiro atoms. The van der Waals surface area contributed by atoms with Crippen LogP contribution >= 0.6 is 23.2 Å². The van der Waals surface area contributed by atoms with Crippen molar-refractivity contribution in [2.45, 2.75) is 12.5 Å². The van der Waals surface area contributed by atoms with Crippen LogP contribution in [0.1, 0.15) is 17.2 Å². The molecule has 0 fully saturated rings. The van der Waals surface area contributed by atoms with Gasteiger partial charge in [0, 0.05) is 21.7 Å². The standard InChI is InChI=1S/C16H17Cl2NO/c1-19-15(9-11-5-3-4-6-14(11)18)13-8-7-12(17)10-16(13)20-2/h3-8,10,15,19H,9H2,1-2H3. The van der Waals surface area contributed by atoms with E-state index in [0.29, 0.717) is 5.02 Å². The van der Waals surface area contributed by atoms with E-state index in [1.807, 2.05) is 49.5 Å². The lowest BCUT2D eigenvalue weighted by atomic mass is 9.98. The van der Waals surface area contributed by atoms with Gasteiger partial charge in [-0.3, -0.25) is 0 Å². The second-order valence-corrected chi connectivity index (χ2v) is 5.37. The van der Waals surface area contributed by atoms with Crippen molar-refractivity contribution in [1.82, 2.24) is 5.32 Å². The molecule has 0 aromatic heterocycles. The van der Waals surface area contributed by atoms with Gasteiger partial charge < -0.3 is 10.1 Å². The highest BCUT2D eigenvalue weighted by molar-refractivity contribution is 6.31. The fourth-order valence-corrected chi connectivity index (χ4v) is 2.60. The zero-order valence-electron chi connectivity index (χ0n) is 11.5. The van der Waals surface area contributed by atoms with Gasteiger partial charge in [0.2, 0.25) is 0 Å². The molecule has 2 nitrogen and oxygen atoms in total. The van der Waals surface area contributed by atoms with Crippen LogP contribution in [-0.2, 0) is 6.42 Å². The first-order valence-electron chi connectivity index (χ1n) is 6.39. The first-order chi connectivity index (χ1) is 9.65. The Labute approximate surface area is 129 Å². The first kappa shape index (κ1) is 15.2. The summed E-state index contributed by atoms with van der Waals surface area (Å²) in [5.74, 6) is 0.781. The molecule has 0 radical (unpaired) electrons. The molecule has 0 aliphatic carbocycles. The lowest BCUT2D eigenvalue weighted by molar-refractivity contribution is 0.401. The molecule has 1 unspecified atom stereocenters. The van der Waals surface area contributed by atoms with E-state index in [2.05, 4.69) is 5.32 Å². The Morgan fingerprint density at radius 3 is 2.55 bits per heavy atom. The molecule has 1 atom stereocenters. The monoisotopic (exact) mass is 309 g/mol. The Hall–Kier alpha value is -1.22. The molecule has 0 aliphatic heterocycles. The van der Waals surface area contributed by atoms with Gasteiger partial charge in [-0.05, 0) is 37.2 Å². The average molecular weight is 310 g/mol. The highest BCUT2D eigenvalue weighted by Crippen LogP contribution is 2.31. The fourth-order valence-electron chi connectivity index (χ4n) is 2.22. The molecule has 0 bridgehead atoms. The van der Waals surface area contributed by atoms with Gasteiger partial charge in [-0.1, -0.05) is 47.5 Å². The van der Waals surface area contributed by atoms with Crippen LogP contribution in [-0.4, -0.2) is 14.2 Å². The Balaban J connectivity index is 2.31. The van der Waals surface area contributed by atoms with Gasteiger partial charge in [0.05, 0.1) is 7.11 Å². The molecule has 20 heavy (non-hydrogen) atoms. The lowest BCUT2D eigenvalue weighted by Gasteiger charge is -2.20. The largest absolute Gasteiger partial charge is 0.496 e. The minimum absolute atomic E-state index is 0.113. The van der Waals surface area contributed by atoms with E-state index >= 15 is 0 Å². The number of hydrogen-bond acceptors (Lipinski definition) is 2. The minimum atomic E-state index is 0.113. The third-order valence-corrected chi connectivity index (χ3v) is 3.91. The van der Waals surface area contributed by atoms with Gasteiger partial charge >= 0.3 is 0 Å². The molecule has 0 amide bonds. The molecule has 0 saturated heterocycles. The van der Waals surface area contributed by atoms with Crippen LogP contribution in [0.5, 0.6) is 5.75 Å². The minimum Gasteiger partial charge on any atom is -0.496 e.